The molecule has 1 aliphatic heterocycles. The molecule has 0 bridgehead atoms. The molecule has 22 heavy (non-hydrogen) atoms. The summed E-state index contributed by atoms with van der Waals surface area (Å²) in [6, 6.07) is 6.57. The van der Waals surface area contributed by atoms with E-state index in [1.807, 2.05) is 7.05 Å². The quantitative estimate of drug-likeness (QED) is 0.940. The third-order valence-corrected chi connectivity index (χ3v) is 3.99. The van der Waals surface area contributed by atoms with Crippen molar-refractivity contribution in [1.29, 1.82) is 0 Å². The number of nitrogens with zero attached hydrogens (tertiary/aromatic N) is 3. The van der Waals surface area contributed by atoms with E-state index in [4.69, 9.17) is 5.11 Å². The van der Waals surface area contributed by atoms with E-state index < -0.39 is 5.97 Å². The lowest BCUT2D eigenvalue weighted by atomic mass is 10.0. The molecule has 3 rings (SSSR count). The molecule has 0 radical (unpaired) electrons. The molecule has 6 heteroatoms. The molecule has 0 amide bonds. The molecule has 0 unspecified atom stereocenters. The minimum absolute atomic E-state index is 0.0146. The van der Waals surface area contributed by atoms with Crippen molar-refractivity contribution in [3.63, 3.8) is 0 Å². The molecule has 1 N–H and O–H groups in total. The number of likely N-dealkylation sites (N-methyl/N-ethyl adjacent to an activating group) is 1. The van der Waals surface area contributed by atoms with Gasteiger partial charge in [-0.25, -0.2) is 4.39 Å². The summed E-state index contributed by atoms with van der Waals surface area (Å²) in [5.74, 6) is -1.16. The summed E-state index contributed by atoms with van der Waals surface area (Å²) in [5, 5.41) is 13.4. The van der Waals surface area contributed by atoms with Gasteiger partial charge in [0.05, 0.1) is 13.0 Å². The van der Waals surface area contributed by atoms with Crippen molar-refractivity contribution in [3.05, 3.63) is 41.3 Å². The van der Waals surface area contributed by atoms with E-state index in [1.165, 1.54) is 6.07 Å². The molecule has 5 nitrogen and oxygen atoms in total. The fraction of sp³-hybridized carbons (Fsp3) is 0.375. The van der Waals surface area contributed by atoms with Crippen LogP contribution in [0, 0.1) is 5.82 Å². The smallest absolute Gasteiger partial charge is 0.305 e. The largest absolute Gasteiger partial charge is 0.481 e. The molecule has 1 aromatic carbocycles. The summed E-state index contributed by atoms with van der Waals surface area (Å²) >= 11 is 0. The lowest BCUT2D eigenvalue weighted by Gasteiger charge is -2.23. The van der Waals surface area contributed by atoms with Gasteiger partial charge in [-0.05, 0) is 19.2 Å². The van der Waals surface area contributed by atoms with Crippen molar-refractivity contribution in [3.8, 4) is 11.3 Å². The number of aliphatic carboxylic acids is 1. The number of aromatic nitrogens is 2. The molecular weight excluding hydrogens is 285 g/mol. The molecule has 0 saturated heterocycles. The molecule has 0 atom stereocenters. The van der Waals surface area contributed by atoms with Crippen molar-refractivity contribution < 1.29 is 14.3 Å². The topological polar surface area (TPSA) is 58.4 Å². The second-order valence-corrected chi connectivity index (χ2v) is 5.61. The first-order valence-electron chi connectivity index (χ1n) is 7.30. The second kappa shape index (κ2) is 5.88. The number of hydrogen-bond acceptors (Lipinski definition) is 3. The van der Waals surface area contributed by atoms with Gasteiger partial charge in [0.15, 0.2) is 0 Å². The third kappa shape index (κ3) is 2.74. The number of rotatable bonds is 4. The maximum absolute atomic E-state index is 14.1. The van der Waals surface area contributed by atoms with Crippen molar-refractivity contribution in [2.45, 2.75) is 25.9 Å². The van der Waals surface area contributed by atoms with Crippen LogP contribution in [0.15, 0.2) is 24.3 Å². The second-order valence-electron chi connectivity index (χ2n) is 5.61. The van der Waals surface area contributed by atoms with Crippen LogP contribution in [-0.2, 0) is 24.3 Å². The number of hydrogen-bond donors (Lipinski definition) is 1. The molecule has 0 fully saturated rings. The summed E-state index contributed by atoms with van der Waals surface area (Å²) in [6.45, 7) is 1.91. The van der Waals surface area contributed by atoms with Gasteiger partial charge in [-0.3, -0.25) is 9.48 Å². The van der Waals surface area contributed by atoms with E-state index in [2.05, 4.69) is 10.00 Å². The standard InChI is InChI=1S/C16H18FN3O2/c1-19-8-6-14-12(10-19)16(11-4-2-3-5-13(11)17)18-20(14)9-7-15(21)22/h2-5H,6-10H2,1H3,(H,21,22). The van der Waals surface area contributed by atoms with Crippen molar-refractivity contribution in [2.75, 3.05) is 13.6 Å². The average Bonchev–Trinajstić information content (AvgIpc) is 2.83. The highest BCUT2D eigenvalue weighted by atomic mass is 19.1. The van der Waals surface area contributed by atoms with Crippen LogP contribution in [0.3, 0.4) is 0 Å². The highest BCUT2D eigenvalue weighted by Crippen LogP contribution is 2.31. The molecule has 0 saturated carbocycles. The van der Waals surface area contributed by atoms with Crippen molar-refractivity contribution in [2.24, 2.45) is 0 Å². The molecular formula is C16H18FN3O2. The van der Waals surface area contributed by atoms with Crippen LogP contribution in [0.1, 0.15) is 17.7 Å². The Bertz CT molecular complexity index is 711. The molecule has 0 aliphatic carbocycles. The SMILES string of the molecule is CN1CCc2c(c(-c3ccccc3F)nn2CCC(=O)O)C1. The summed E-state index contributed by atoms with van der Waals surface area (Å²) in [6.07, 6.45) is 0.813. The first-order valence-corrected chi connectivity index (χ1v) is 7.30. The predicted octanol–water partition coefficient (Wildman–Crippen LogP) is 2.15. The van der Waals surface area contributed by atoms with Gasteiger partial charge in [0.1, 0.15) is 11.5 Å². The highest BCUT2D eigenvalue weighted by molar-refractivity contribution is 5.67. The average molecular weight is 303 g/mol. The number of fused-ring (bicyclic) bond motifs is 1. The number of carboxylic acid groups (broad SMARTS) is 1. The Kier molecular flexibility index (Phi) is 3.94. The van der Waals surface area contributed by atoms with Gasteiger partial charge in [0.25, 0.3) is 0 Å². The number of halogens is 1. The number of benzene rings is 1. The fourth-order valence-electron chi connectivity index (χ4n) is 2.88. The lowest BCUT2D eigenvalue weighted by Crippen LogP contribution is -2.27. The monoisotopic (exact) mass is 303 g/mol. The lowest BCUT2D eigenvalue weighted by molar-refractivity contribution is -0.137. The van der Waals surface area contributed by atoms with Crippen LogP contribution < -0.4 is 0 Å². The zero-order valence-electron chi connectivity index (χ0n) is 12.4. The highest BCUT2D eigenvalue weighted by Gasteiger charge is 2.25. The molecule has 2 aromatic rings. The van der Waals surface area contributed by atoms with E-state index in [9.17, 15) is 9.18 Å². The van der Waals surface area contributed by atoms with Gasteiger partial charge in [0.2, 0.25) is 0 Å². The molecule has 2 heterocycles. The zero-order chi connectivity index (χ0) is 15.7. The van der Waals surface area contributed by atoms with Gasteiger partial charge in [-0.2, -0.15) is 5.10 Å². The molecule has 116 valence electrons. The summed E-state index contributed by atoms with van der Waals surface area (Å²) in [5.41, 5.74) is 3.13. The Morgan fingerprint density at radius 3 is 2.91 bits per heavy atom. The van der Waals surface area contributed by atoms with E-state index in [-0.39, 0.29) is 12.2 Å². The molecule has 0 spiro atoms. The Balaban J connectivity index is 2.06. The van der Waals surface area contributed by atoms with E-state index in [1.54, 1.807) is 22.9 Å². The third-order valence-electron chi connectivity index (χ3n) is 3.99. The summed E-state index contributed by atoms with van der Waals surface area (Å²) in [7, 11) is 2.02. The Labute approximate surface area is 128 Å². The maximum atomic E-state index is 14.1. The van der Waals surface area contributed by atoms with Crippen LogP contribution >= 0.6 is 0 Å². The van der Waals surface area contributed by atoms with Gasteiger partial charge >= 0.3 is 5.97 Å². The van der Waals surface area contributed by atoms with Gasteiger partial charge in [-0.15, -0.1) is 0 Å². The fourth-order valence-corrected chi connectivity index (χ4v) is 2.88. The summed E-state index contributed by atoms with van der Waals surface area (Å²) < 4.78 is 15.8. The van der Waals surface area contributed by atoms with Gasteiger partial charge in [0, 0.05) is 36.3 Å². The first-order chi connectivity index (χ1) is 10.6. The minimum Gasteiger partial charge on any atom is -0.481 e. The summed E-state index contributed by atoms with van der Waals surface area (Å²) in [4.78, 5) is 13.0. The van der Waals surface area contributed by atoms with Crippen LogP contribution in [0.25, 0.3) is 11.3 Å². The van der Waals surface area contributed by atoms with Gasteiger partial charge < -0.3 is 10.0 Å². The normalized spacial score (nSPS) is 14.8. The maximum Gasteiger partial charge on any atom is 0.305 e. The van der Waals surface area contributed by atoms with Gasteiger partial charge in [-0.1, -0.05) is 12.1 Å². The number of carbonyl (C=O) groups is 1. The van der Waals surface area contributed by atoms with E-state index in [0.29, 0.717) is 24.3 Å². The first kappa shape index (κ1) is 14.7. The van der Waals surface area contributed by atoms with Crippen molar-refractivity contribution >= 4 is 5.97 Å². The molecule has 1 aromatic heterocycles. The van der Waals surface area contributed by atoms with E-state index in [0.717, 1.165) is 24.2 Å². The van der Waals surface area contributed by atoms with Crippen LogP contribution in [-0.4, -0.2) is 39.3 Å². The Morgan fingerprint density at radius 1 is 1.41 bits per heavy atom. The van der Waals surface area contributed by atoms with Crippen molar-refractivity contribution in [1.82, 2.24) is 14.7 Å². The van der Waals surface area contributed by atoms with E-state index >= 15 is 0 Å². The predicted molar refractivity (Wildman–Crippen MR) is 79.9 cm³/mol. The molecule has 1 aliphatic rings. The number of carboxylic acids is 1. The minimum atomic E-state index is -0.857. The van der Waals surface area contributed by atoms with Crippen LogP contribution in [0.5, 0.6) is 0 Å². The van der Waals surface area contributed by atoms with Crippen LogP contribution in [0.2, 0.25) is 0 Å². The Morgan fingerprint density at radius 2 is 2.18 bits per heavy atom. The van der Waals surface area contributed by atoms with Crippen LogP contribution in [0.4, 0.5) is 4.39 Å². The number of aryl methyl sites for hydroxylation is 1. The zero-order valence-corrected chi connectivity index (χ0v) is 12.4. The Hall–Kier alpha value is -2.21.